The van der Waals surface area contributed by atoms with Crippen molar-refractivity contribution in [1.29, 1.82) is 0 Å². The number of sulfonamides is 1. The molecule has 1 aliphatic heterocycles. The average Bonchev–Trinajstić information content (AvgIpc) is 3.07. The van der Waals surface area contributed by atoms with Crippen LogP contribution >= 0.6 is 0 Å². The van der Waals surface area contributed by atoms with Crippen molar-refractivity contribution < 1.29 is 12.9 Å². The van der Waals surface area contributed by atoms with Gasteiger partial charge in [-0.3, -0.25) is 4.79 Å². The third-order valence-electron chi connectivity index (χ3n) is 3.54. The lowest BCUT2D eigenvalue weighted by Crippen LogP contribution is -2.31. The summed E-state index contributed by atoms with van der Waals surface area (Å²) in [6.45, 7) is 2.22. The van der Waals surface area contributed by atoms with Gasteiger partial charge in [-0.1, -0.05) is 5.16 Å². The third-order valence-corrected chi connectivity index (χ3v) is 5.44. The zero-order chi connectivity index (χ0) is 15.0. The maximum atomic E-state index is 12.7. The molecule has 112 valence electrons. The van der Waals surface area contributed by atoms with Gasteiger partial charge in [0.15, 0.2) is 5.76 Å². The summed E-state index contributed by atoms with van der Waals surface area (Å²) in [7, 11) is -3.67. The molecule has 0 radical (unpaired) electrons. The van der Waals surface area contributed by atoms with Crippen LogP contribution in [0.5, 0.6) is 0 Å². The number of pyridine rings is 1. The predicted octanol–water partition coefficient (Wildman–Crippen LogP) is 1.20. The molecule has 1 N–H and O–H groups in total. The molecule has 2 aromatic heterocycles. The minimum absolute atomic E-state index is 0.0743. The van der Waals surface area contributed by atoms with Crippen LogP contribution in [0, 0.1) is 6.92 Å². The Labute approximate surface area is 121 Å². The van der Waals surface area contributed by atoms with E-state index in [0.717, 1.165) is 12.1 Å². The van der Waals surface area contributed by atoms with Gasteiger partial charge in [0.1, 0.15) is 0 Å². The highest BCUT2D eigenvalue weighted by molar-refractivity contribution is 7.89. The number of H-pyrrole nitrogens is 1. The van der Waals surface area contributed by atoms with E-state index in [9.17, 15) is 13.2 Å². The molecule has 1 saturated heterocycles. The van der Waals surface area contributed by atoms with Crippen LogP contribution in [0.1, 0.15) is 30.3 Å². The van der Waals surface area contributed by atoms with Gasteiger partial charge in [0, 0.05) is 24.9 Å². The summed E-state index contributed by atoms with van der Waals surface area (Å²) in [5.41, 5.74) is 0.385. The molecule has 0 saturated carbocycles. The van der Waals surface area contributed by atoms with Gasteiger partial charge >= 0.3 is 0 Å². The van der Waals surface area contributed by atoms with Crippen LogP contribution < -0.4 is 5.56 Å². The first-order valence-electron chi connectivity index (χ1n) is 6.62. The van der Waals surface area contributed by atoms with Crippen molar-refractivity contribution in [2.24, 2.45) is 0 Å². The van der Waals surface area contributed by atoms with Gasteiger partial charge in [-0.25, -0.2) is 8.42 Å². The second-order valence-electron chi connectivity index (χ2n) is 5.03. The Morgan fingerprint density at radius 1 is 1.43 bits per heavy atom. The van der Waals surface area contributed by atoms with Gasteiger partial charge in [0.2, 0.25) is 15.6 Å². The van der Waals surface area contributed by atoms with Crippen LogP contribution in [0.3, 0.4) is 0 Å². The van der Waals surface area contributed by atoms with Gasteiger partial charge in [0.25, 0.3) is 0 Å². The molecule has 1 atom stereocenters. The summed E-state index contributed by atoms with van der Waals surface area (Å²) in [6, 6.07) is 3.93. The minimum atomic E-state index is -3.67. The molecule has 2 aromatic rings. The fraction of sp³-hybridized carbons (Fsp3) is 0.385. The van der Waals surface area contributed by atoms with Gasteiger partial charge in [0.05, 0.1) is 16.6 Å². The van der Waals surface area contributed by atoms with Gasteiger partial charge in [-0.15, -0.1) is 0 Å². The highest BCUT2D eigenvalue weighted by atomic mass is 32.2. The molecule has 21 heavy (non-hydrogen) atoms. The fourth-order valence-corrected chi connectivity index (χ4v) is 4.18. The van der Waals surface area contributed by atoms with Crippen LogP contribution in [0.4, 0.5) is 0 Å². The molecule has 0 aliphatic carbocycles. The Hall–Kier alpha value is -1.93. The van der Waals surface area contributed by atoms with Crippen LogP contribution in [0.25, 0.3) is 0 Å². The van der Waals surface area contributed by atoms with Crippen molar-refractivity contribution in [2.45, 2.75) is 30.7 Å². The summed E-state index contributed by atoms with van der Waals surface area (Å²) in [5, 5.41) is 3.82. The molecule has 3 heterocycles. The first-order chi connectivity index (χ1) is 9.98. The quantitative estimate of drug-likeness (QED) is 0.919. The molecule has 3 rings (SSSR count). The zero-order valence-electron chi connectivity index (χ0n) is 11.4. The highest BCUT2D eigenvalue weighted by Crippen LogP contribution is 2.36. The van der Waals surface area contributed by atoms with E-state index in [2.05, 4.69) is 10.1 Å². The Morgan fingerprint density at radius 3 is 2.86 bits per heavy atom. The number of aryl methyl sites for hydroxylation is 1. The zero-order valence-corrected chi connectivity index (χ0v) is 12.3. The van der Waals surface area contributed by atoms with E-state index in [1.807, 2.05) is 0 Å². The monoisotopic (exact) mass is 309 g/mol. The molecule has 0 spiro atoms. The summed E-state index contributed by atoms with van der Waals surface area (Å²) in [5.74, 6) is 0.554. The SMILES string of the molecule is Cc1cc(C2CCCN2S(=O)(=O)c2ccc(=O)[nH]c2)on1. The summed E-state index contributed by atoms with van der Waals surface area (Å²) in [6.07, 6.45) is 2.67. The topological polar surface area (TPSA) is 96.3 Å². The second-order valence-corrected chi connectivity index (χ2v) is 6.92. The summed E-state index contributed by atoms with van der Waals surface area (Å²) in [4.78, 5) is 13.5. The molecular weight excluding hydrogens is 294 g/mol. The molecule has 0 bridgehead atoms. The number of aromatic amines is 1. The van der Waals surface area contributed by atoms with E-state index in [1.54, 1.807) is 13.0 Å². The van der Waals surface area contributed by atoms with Crippen molar-refractivity contribution in [3.8, 4) is 0 Å². The van der Waals surface area contributed by atoms with Gasteiger partial charge < -0.3 is 9.51 Å². The normalized spacial score (nSPS) is 20.0. The number of nitrogens with zero attached hydrogens (tertiary/aromatic N) is 2. The van der Waals surface area contributed by atoms with Crippen molar-refractivity contribution in [2.75, 3.05) is 6.54 Å². The largest absolute Gasteiger partial charge is 0.359 e. The minimum Gasteiger partial charge on any atom is -0.359 e. The van der Waals surface area contributed by atoms with Crippen molar-refractivity contribution >= 4 is 10.0 Å². The molecule has 1 unspecified atom stereocenters. The van der Waals surface area contributed by atoms with E-state index < -0.39 is 10.0 Å². The van der Waals surface area contributed by atoms with Gasteiger partial charge in [-0.05, 0) is 25.8 Å². The third kappa shape index (κ3) is 2.52. The van der Waals surface area contributed by atoms with Crippen LogP contribution in [0.2, 0.25) is 0 Å². The first kappa shape index (κ1) is 14.0. The lowest BCUT2D eigenvalue weighted by atomic mass is 10.2. The summed E-state index contributed by atoms with van der Waals surface area (Å²) >= 11 is 0. The number of hydrogen-bond acceptors (Lipinski definition) is 5. The predicted molar refractivity (Wildman–Crippen MR) is 74.2 cm³/mol. The van der Waals surface area contributed by atoms with Gasteiger partial charge in [-0.2, -0.15) is 4.31 Å². The maximum absolute atomic E-state index is 12.7. The molecular formula is C13H15N3O4S. The van der Waals surface area contributed by atoms with E-state index in [0.29, 0.717) is 18.7 Å². The molecule has 7 nitrogen and oxygen atoms in total. The summed E-state index contributed by atoms with van der Waals surface area (Å²) < 4.78 is 32.0. The lowest BCUT2D eigenvalue weighted by molar-refractivity contribution is 0.297. The number of nitrogens with one attached hydrogen (secondary N) is 1. The van der Waals surface area contributed by atoms with E-state index in [1.165, 1.54) is 22.6 Å². The van der Waals surface area contributed by atoms with E-state index in [-0.39, 0.29) is 16.5 Å². The van der Waals surface area contributed by atoms with Crippen LogP contribution in [-0.2, 0) is 10.0 Å². The Bertz CT molecular complexity index is 788. The standard InChI is InChI=1S/C13H15N3O4S/c1-9-7-12(20-15-9)11-3-2-6-16(11)21(18,19)10-4-5-13(17)14-8-10/h4-5,7-8,11H,2-3,6H2,1H3,(H,14,17). The molecule has 8 heteroatoms. The Morgan fingerprint density at radius 2 is 2.24 bits per heavy atom. The van der Waals surface area contributed by atoms with Crippen LogP contribution in [-0.4, -0.2) is 29.4 Å². The molecule has 0 aromatic carbocycles. The molecule has 1 fully saturated rings. The fourth-order valence-electron chi connectivity index (χ4n) is 2.54. The Balaban J connectivity index is 1.97. The second kappa shape index (κ2) is 5.12. The van der Waals surface area contributed by atoms with Crippen molar-refractivity contribution in [3.63, 3.8) is 0 Å². The molecule has 0 amide bonds. The lowest BCUT2D eigenvalue weighted by Gasteiger charge is -2.21. The maximum Gasteiger partial charge on any atom is 0.247 e. The Kier molecular flexibility index (Phi) is 3.42. The van der Waals surface area contributed by atoms with Crippen molar-refractivity contribution in [3.05, 3.63) is 46.2 Å². The average molecular weight is 309 g/mol. The molecule has 1 aliphatic rings. The number of rotatable bonds is 3. The van der Waals surface area contributed by atoms with E-state index in [4.69, 9.17) is 4.52 Å². The van der Waals surface area contributed by atoms with Crippen molar-refractivity contribution in [1.82, 2.24) is 14.4 Å². The highest BCUT2D eigenvalue weighted by Gasteiger charge is 2.38. The smallest absolute Gasteiger partial charge is 0.247 e. The number of hydrogen-bond donors (Lipinski definition) is 1. The van der Waals surface area contributed by atoms with Crippen LogP contribution in [0.15, 0.2) is 38.6 Å². The van der Waals surface area contributed by atoms with E-state index >= 15 is 0 Å². The number of aromatic nitrogens is 2. The first-order valence-corrected chi connectivity index (χ1v) is 8.06.